The Morgan fingerprint density at radius 1 is 1.33 bits per heavy atom. The van der Waals surface area contributed by atoms with Gasteiger partial charge in [-0.25, -0.2) is 4.79 Å². The fourth-order valence-corrected chi connectivity index (χ4v) is 2.86. The number of likely N-dealkylation sites (tertiary alicyclic amines) is 2. The second-order valence-electron chi connectivity index (χ2n) is 6.31. The smallest absolute Gasteiger partial charge is 0.410 e. The zero-order valence-corrected chi connectivity index (χ0v) is 11.7. The molecule has 0 spiro atoms. The molecule has 18 heavy (non-hydrogen) atoms. The Morgan fingerprint density at radius 2 is 2.06 bits per heavy atom. The number of nitrogens with two attached hydrogens (primary N) is 1. The van der Waals surface area contributed by atoms with Gasteiger partial charge in [0.2, 0.25) is 0 Å². The van der Waals surface area contributed by atoms with Crippen molar-refractivity contribution in [1.29, 1.82) is 0 Å². The molecule has 0 aliphatic carbocycles. The van der Waals surface area contributed by atoms with E-state index in [2.05, 4.69) is 4.90 Å². The summed E-state index contributed by atoms with van der Waals surface area (Å²) in [5.41, 5.74) is 5.13. The number of carbonyl (C=O) groups excluding carboxylic acids is 1. The summed E-state index contributed by atoms with van der Waals surface area (Å²) in [6, 6.07) is 0.844. The average molecular weight is 255 g/mol. The highest BCUT2D eigenvalue weighted by Gasteiger charge is 2.45. The second-order valence-corrected chi connectivity index (χ2v) is 6.31. The molecule has 0 unspecified atom stereocenters. The number of ether oxygens (including phenoxy) is 1. The Balaban J connectivity index is 1.85. The third-order valence-corrected chi connectivity index (χ3v) is 3.63. The normalized spacial score (nSPS) is 27.9. The van der Waals surface area contributed by atoms with Crippen molar-refractivity contribution >= 4 is 6.09 Å². The molecule has 5 nitrogen and oxygen atoms in total. The van der Waals surface area contributed by atoms with E-state index in [1.807, 2.05) is 25.7 Å². The van der Waals surface area contributed by atoms with E-state index in [0.717, 1.165) is 39.0 Å². The van der Waals surface area contributed by atoms with Crippen LogP contribution in [0.25, 0.3) is 0 Å². The molecule has 0 radical (unpaired) electrons. The molecule has 2 aliphatic rings. The number of rotatable bonds is 3. The zero-order valence-electron chi connectivity index (χ0n) is 11.7. The van der Waals surface area contributed by atoms with Gasteiger partial charge in [-0.15, -0.1) is 0 Å². The van der Waals surface area contributed by atoms with Gasteiger partial charge in [0.05, 0.1) is 0 Å². The van der Waals surface area contributed by atoms with E-state index < -0.39 is 5.60 Å². The van der Waals surface area contributed by atoms with Gasteiger partial charge in [-0.2, -0.15) is 0 Å². The zero-order chi connectivity index (χ0) is 13.3. The number of nitrogens with zero attached hydrogens (tertiary/aromatic N) is 2. The lowest BCUT2D eigenvalue weighted by Gasteiger charge is -2.35. The highest BCUT2D eigenvalue weighted by molar-refractivity contribution is 5.69. The number of hydrogen-bond acceptors (Lipinski definition) is 4. The molecule has 104 valence electrons. The van der Waals surface area contributed by atoms with Gasteiger partial charge in [0.15, 0.2) is 0 Å². The molecule has 2 bridgehead atoms. The maximum atomic E-state index is 12.0. The van der Waals surface area contributed by atoms with Crippen molar-refractivity contribution in [2.24, 2.45) is 5.73 Å². The number of amides is 1. The topological polar surface area (TPSA) is 58.8 Å². The van der Waals surface area contributed by atoms with Crippen LogP contribution in [0, 0.1) is 0 Å². The molecule has 2 atom stereocenters. The summed E-state index contributed by atoms with van der Waals surface area (Å²) in [5, 5.41) is 0. The van der Waals surface area contributed by atoms with Crippen LogP contribution in [0.1, 0.15) is 33.6 Å². The first-order valence-corrected chi connectivity index (χ1v) is 6.84. The van der Waals surface area contributed by atoms with Crippen molar-refractivity contribution in [3.8, 4) is 0 Å². The van der Waals surface area contributed by atoms with Crippen LogP contribution < -0.4 is 5.73 Å². The Morgan fingerprint density at radius 3 is 2.56 bits per heavy atom. The predicted octanol–water partition coefficient (Wildman–Crippen LogP) is 1.03. The lowest BCUT2D eigenvalue weighted by atomic mass is 10.2. The van der Waals surface area contributed by atoms with Crippen LogP contribution in [0.4, 0.5) is 4.79 Å². The van der Waals surface area contributed by atoms with E-state index in [9.17, 15) is 4.79 Å². The molecule has 0 saturated carbocycles. The quantitative estimate of drug-likeness (QED) is 0.818. The minimum absolute atomic E-state index is 0.159. The first kappa shape index (κ1) is 13.6. The molecule has 0 aromatic rings. The molecule has 2 rings (SSSR count). The minimum Gasteiger partial charge on any atom is -0.444 e. The fraction of sp³-hybridized carbons (Fsp3) is 0.923. The average Bonchev–Trinajstić information content (AvgIpc) is 2.82. The standard InChI is InChI=1S/C13H25N3O2/c1-13(2,3)18-12(17)16-9-10-7-11(16)8-15(10)6-4-5-14/h10-11H,4-9,14H2,1-3H3/t10-,11-/m0/s1. The molecule has 2 fully saturated rings. The Kier molecular flexibility index (Phi) is 3.82. The first-order chi connectivity index (χ1) is 8.40. The first-order valence-electron chi connectivity index (χ1n) is 6.84. The van der Waals surface area contributed by atoms with E-state index in [1.54, 1.807) is 0 Å². The number of piperazine rings is 1. The number of fused-ring (bicyclic) bond motifs is 2. The summed E-state index contributed by atoms with van der Waals surface area (Å²) in [7, 11) is 0. The molecule has 2 N–H and O–H groups in total. The van der Waals surface area contributed by atoms with Crippen molar-refractivity contribution in [3.63, 3.8) is 0 Å². The molecular formula is C13H25N3O2. The van der Waals surface area contributed by atoms with Crippen molar-refractivity contribution in [2.45, 2.75) is 51.3 Å². The van der Waals surface area contributed by atoms with Gasteiger partial charge in [0.1, 0.15) is 5.60 Å². The van der Waals surface area contributed by atoms with Crippen molar-refractivity contribution in [3.05, 3.63) is 0 Å². The fourth-order valence-electron chi connectivity index (χ4n) is 2.86. The summed E-state index contributed by atoms with van der Waals surface area (Å²) in [6.45, 7) is 9.31. The van der Waals surface area contributed by atoms with E-state index in [0.29, 0.717) is 12.1 Å². The van der Waals surface area contributed by atoms with Gasteiger partial charge in [-0.05, 0) is 46.7 Å². The molecular weight excluding hydrogens is 230 g/mol. The molecule has 0 aromatic carbocycles. The number of hydrogen-bond donors (Lipinski definition) is 1. The van der Waals surface area contributed by atoms with Gasteiger partial charge in [-0.1, -0.05) is 0 Å². The van der Waals surface area contributed by atoms with Gasteiger partial charge < -0.3 is 15.4 Å². The van der Waals surface area contributed by atoms with Crippen LogP contribution in [0.5, 0.6) is 0 Å². The number of carbonyl (C=O) groups is 1. The van der Waals surface area contributed by atoms with Crippen LogP contribution >= 0.6 is 0 Å². The van der Waals surface area contributed by atoms with Crippen molar-refractivity contribution < 1.29 is 9.53 Å². The van der Waals surface area contributed by atoms with Crippen LogP contribution in [-0.2, 0) is 4.74 Å². The van der Waals surface area contributed by atoms with Crippen LogP contribution in [-0.4, -0.2) is 59.8 Å². The predicted molar refractivity (Wildman–Crippen MR) is 70.4 cm³/mol. The summed E-state index contributed by atoms with van der Waals surface area (Å²) in [6.07, 6.45) is 1.97. The Hall–Kier alpha value is -0.810. The SMILES string of the molecule is CC(C)(C)OC(=O)N1C[C@@H]2C[C@H]1CN2CCCN. The van der Waals surface area contributed by atoms with E-state index in [-0.39, 0.29) is 6.09 Å². The van der Waals surface area contributed by atoms with Crippen molar-refractivity contribution in [2.75, 3.05) is 26.2 Å². The van der Waals surface area contributed by atoms with Crippen molar-refractivity contribution in [1.82, 2.24) is 9.80 Å². The highest BCUT2D eigenvalue weighted by atomic mass is 16.6. The largest absolute Gasteiger partial charge is 0.444 e. The molecule has 2 heterocycles. The highest BCUT2D eigenvalue weighted by Crippen LogP contribution is 2.31. The maximum absolute atomic E-state index is 12.0. The molecule has 2 aliphatic heterocycles. The molecule has 5 heteroatoms. The van der Waals surface area contributed by atoms with E-state index in [1.165, 1.54) is 0 Å². The lowest BCUT2D eigenvalue weighted by molar-refractivity contribution is 0.0129. The minimum atomic E-state index is -0.405. The lowest BCUT2D eigenvalue weighted by Crippen LogP contribution is -2.50. The van der Waals surface area contributed by atoms with Gasteiger partial charge in [0.25, 0.3) is 0 Å². The summed E-state index contributed by atoms with van der Waals surface area (Å²) >= 11 is 0. The van der Waals surface area contributed by atoms with Crippen LogP contribution in [0.15, 0.2) is 0 Å². The monoisotopic (exact) mass is 255 g/mol. The summed E-state index contributed by atoms with van der Waals surface area (Å²) in [4.78, 5) is 16.4. The van der Waals surface area contributed by atoms with Crippen LogP contribution in [0.3, 0.4) is 0 Å². The molecule has 0 aromatic heterocycles. The summed E-state index contributed by atoms with van der Waals surface area (Å²) in [5.74, 6) is 0. The summed E-state index contributed by atoms with van der Waals surface area (Å²) < 4.78 is 5.44. The van der Waals surface area contributed by atoms with Crippen LogP contribution in [0.2, 0.25) is 0 Å². The van der Waals surface area contributed by atoms with E-state index >= 15 is 0 Å². The van der Waals surface area contributed by atoms with E-state index in [4.69, 9.17) is 10.5 Å². The third kappa shape index (κ3) is 2.95. The Bertz CT molecular complexity index is 314. The third-order valence-electron chi connectivity index (χ3n) is 3.63. The second kappa shape index (κ2) is 5.05. The molecule has 2 saturated heterocycles. The molecule has 1 amide bonds. The van der Waals surface area contributed by atoms with Gasteiger partial charge in [-0.3, -0.25) is 4.90 Å². The van der Waals surface area contributed by atoms with Gasteiger partial charge in [0, 0.05) is 25.2 Å². The van der Waals surface area contributed by atoms with Gasteiger partial charge >= 0.3 is 6.09 Å². The maximum Gasteiger partial charge on any atom is 0.410 e. The Labute approximate surface area is 109 Å².